The number of hydrogen-bond acceptors (Lipinski definition) is 12. The number of nitrogens with zero attached hydrogens (tertiary/aromatic N) is 5. The van der Waals surface area contributed by atoms with Crippen LogP contribution in [0.2, 0.25) is 5.02 Å². The summed E-state index contributed by atoms with van der Waals surface area (Å²) in [6, 6.07) is 18.2. The maximum atomic E-state index is 17.9. The van der Waals surface area contributed by atoms with Crippen LogP contribution in [0.25, 0.3) is 11.3 Å². The van der Waals surface area contributed by atoms with Gasteiger partial charge in [0.2, 0.25) is 0 Å². The van der Waals surface area contributed by atoms with Crippen molar-refractivity contribution in [3.05, 3.63) is 129 Å². The summed E-state index contributed by atoms with van der Waals surface area (Å²) in [5.41, 5.74) is -1.86. The first-order valence-electron chi connectivity index (χ1n) is 20.2. The molecule has 14 nitrogen and oxygen atoms in total. The Hall–Kier alpha value is -6.79. The highest BCUT2D eigenvalue weighted by Gasteiger charge is 2.42. The van der Waals surface area contributed by atoms with Crippen LogP contribution < -0.4 is 29.7 Å². The number of hydrogen-bond donors (Lipinski definition) is 3. The Balaban J connectivity index is 1.43. The number of alkyl halides is 3. The number of pyridine rings is 2. The minimum atomic E-state index is -5.03. The van der Waals surface area contributed by atoms with E-state index in [-0.39, 0.29) is 66.6 Å². The fourth-order valence-corrected chi connectivity index (χ4v) is 7.72. The van der Waals surface area contributed by atoms with Gasteiger partial charge in [0.15, 0.2) is 11.6 Å². The highest BCUT2D eigenvalue weighted by Crippen LogP contribution is 2.51. The predicted molar refractivity (Wildman–Crippen MR) is 237 cm³/mol. The second-order valence-electron chi connectivity index (χ2n) is 15.7. The molecular formula is C46H46ClF4N7O7. The van der Waals surface area contributed by atoms with Crippen LogP contribution >= 0.6 is 11.6 Å². The smallest absolute Gasteiger partial charge is 0.418 e. The standard InChI is InChI=1S/C46H46ClF4N7O7/c1-25-19-32(57(20-27-10-14-29(61-5)15-11-27)21-28-12-16-30(62-6)17-13-28)55-39(36(25)46(49,50)51)34-37(47)40-35-41(38(34)48)65-33(64-23-45(3,4)63-7)22-58(43(35)54-24-53-40)26(2)31-9-8-18-52-42(31)56-44(59)60/h8-19,22,26,53H,20-21,23-24H2,1-7H3,(H,52,56)(H,59,60). The van der Waals surface area contributed by atoms with Gasteiger partial charge in [0, 0.05) is 32.0 Å². The van der Waals surface area contributed by atoms with E-state index in [9.17, 15) is 9.90 Å². The lowest BCUT2D eigenvalue weighted by Crippen LogP contribution is -2.34. The average molecular weight is 920 g/mol. The number of anilines is 3. The molecule has 0 aliphatic carbocycles. The third-order valence-electron chi connectivity index (χ3n) is 10.9. The molecule has 1 atom stereocenters. The van der Waals surface area contributed by atoms with Crippen LogP contribution in [0.5, 0.6) is 17.2 Å². The SMILES string of the molecule is COc1ccc(CN(Cc2ccc(OC)cc2)c2cc(C)c(C(F)(F)F)c(-c3c(F)c4c5c(c3Cl)NCN=C5N(C(C)c3cccnc3NC(=O)O)C=C(OCC(C)(C)OC)O4)n2)cc1. The lowest BCUT2D eigenvalue weighted by molar-refractivity contribution is -0.137. The Bertz CT molecular complexity index is 2600. The molecule has 0 saturated heterocycles. The summed E-state index contributed by atoms with van der Waals surface area (Å²) >= 11 is 7.14. The maximum Gasteiger partial charge on any atom is 0.418 e. The number of rotatable bonds is 15. The molecule has 0 spiro atoms. The number of amides is 1. The number of carbonyl (C=O) groups is 1. The number of methoxy groups -OCH3 is 3. The van der Waals surface area contributed by atoms with Crippen LogP contribution in [-0.4, -0.2) is 72.1 Å². The van der Waals surface area contributed by atoms with E-state index in [0.717, 1.165) is 11.1 Å². The van der Waals surface area contributed by atoms with E-state index in [1.54, 1.807) is 81.2 Å². The van der Waals surface area contributed by atoms with Crippen LogP contribution in [0.4, 0.5) is 39.7 Å². The Morgan fingerprint density at radius 2 is 1.65 bits per heavy atom. The molecule has 2 aromatic heterocycles. The van der Waals surface area contributed by atoms with Gasteiger partial charge in [-0.15, -0.1) is 0 Å². The van der Waals surface area contributed by atoms with Gasteiger partial charge in [-0.25, -0.2) is 24.1 Å². The molecule has 342 valence electrons. The van der Waals surface area contributed by atoms with E-state index in [2.05, 4.69) is 25.6 Å². The number of aryl methyl sites for hydroxylation is 1. The Morgan fingerprint density at radius 1 is 1.02 bits per heavy atom. The number of carboxylic acid groups (broad SMARTS) is 1. The summed E-state index contributed by atoms with van der Waals surface area (Å²) < 4.78 is 92.7. The third kappa shape index (κ3) is 9.83. The summed E-state index contributed by atoms with van der Waals surface area (Å²) in [5, 5.41) is 14.5. The molecule has 2 aliphatic heterocycles. The number of ether oxygens (including phenoxy) is 5. The van der Waals surface area contributed by atoms with Crippen molar-refractivity contribution in [1.82, 2.24) is 14.9 Å². The highest BCUT2D eigenvalue weighted by molar-refractivity contribution is 6.37. The maximum absolute atomic E-state index is 17.9. The number of aromatic nitrogens is 2. The Labute approximate surface area is 377 Å². The van der Waals surface area contributed by atoms with Gasteiger partial charge >= 0.3 is 18.2 Å². The minimum absolute atomic E-state index is 0.00788. The highest BCUT2D eigenvalue weighted by atomic mass is 35.5. The average Bonchev–Trinajstić information content (AvgIpc) is 3.45. The zero-order valence-corrected chi connectivity index (χ0v) is 37.2. The van der Waals surface area contributed by atoms with E-state index in [0.29, 0.717) is 17.1 Å². The van der Waals surface area contributed by atoms with Crippen LogP contribution in [0.1, 0.15) is 60.2 Å². The molecule has 3 aromatic carbocycles. The van der Waals surface area contributed by atoms with Gasteiger partial charge in [0.05, 0.1) is 65.2 Å². The molecule has 0 fully saturated rings. The molecule has 19 heteroatoms. The van der Waals surface area contributed by atoms with E-state index in [4.69, 9.17) is 35.3 Å². The van der Waals surface area contributed by atoms with Gasteiger partial charge in [-0.1, -0.05) is 41.9 Å². The van der Waals surface area contributed by atoms with Crippen molar-refractivity contribution < 1.29 is 51.1 Å². The summed E-state index contributed by atoms with van der Waals surface area (Å²) in [4.78, 5) is 28.6. The minimum Gasteiger partial charge on any atom is -0.497 e. The monoisotopic (exact) mass is 919 g/mol. The molecule has 65 heavy (non-hydrogen) atoms. The van der Waals surface area contributed by atoms with Crippen molar-refractivity contribution in [3.63, 3.8) is 0 Å². The Morgan fingerprint density at radius 3 is 2.22 bits per heavy atom. The van der Waals surface area contributed by atoms with Gasteiger partial charge < -0.3 is 43.9 Å². The molecule has 2 aliphatic rings. The molecular weight excluding hydrogens is 874 g/mol. The normalized spacial score (nSPS) is 13.9. The first-order valence-corrected chi connectivity index (χ1v) is 20.5. The van der Waals surface area contributed by atoms with Gasteiger partial charge in [0.1, 0.15) is 42.2 Å². The summed E-state index contributed by atoms with van der Waals surface area (Å²) in [7, 11) is 4.56. The van der Waals surface area contributed by atoms with Gasteiger partial charge in [-0.2, -0.15) is 13.2 Å². The number of benzene rings is 3. The fourth-order valence-electron chi connectivity index (χ4n) is 7.39. The third-order valence-corrected chi connectivity index (χ3v) is 11.3. The van der Waals surface area contributed by atoms with Crippen LogP contribution in [0.3, 0.4) is 0 Å². The molecule has 1 unspecified atom stereocenters. The summed E-state index contributed by atoms with van der Waals surface area (Å²) in [5.74, 6) is -0.695. The van der Waals surface area contributed by atoms with Crippen molar-refractivity contribution in [2.24, 2.45) is 4.99 Å². The van der Waals surface area contributed by atoms with Crippen molar-refractivity contribution in [1.29, 1.82) is 0 Å². The first-order chi connectivity index (χ1) is 30.9. The summed E-state index contributed by atoms with van der Waals surface area (Å²) in [6.07, 6.45) is -3.58. The molecule has 0 radical (unpaired) electrons. The second-order valence-corrected chi connectivity index (χ2v) is 16.1. The predicted octanol–water partition coefficient (Wildman–Crippen LogP) is 10.4. The molecule has 3 N–H and O–H groups in total. The van der Waals surface area contributed by atoms with Crippen LogP contribution in [0.15, 0.2) is 90.1 Å². The largest absolute Gasteiger partial charge is 0.497 e. The number of aliphatic imine (C=N–C) groups is 1. The second kappa shape index (κ2) is 18.7. The lowest BCUT2D eigenvalue weighted by Gasteiger charge is -2.32. The van der Waals surface area contributed by atoms with Crippen molar-refractivity contribution in [2.75, 3.05) is 50.1 Å². The Kier molecular flexibility index (Phi) is 13.3. The molecule has 4 heterocycles. The van der Waals surface area contributed by atoms with Crippen LogP contribution in [0, 0.1) is 12.7 Å². The van der Waals surface area contributed by atoms with Crippen molar-refractivity contribution >= 4 is 40.9 Å². The van der Waals surface area contributed by atoms with E-state index in [1.165, 1.54) is 32.5 Å². The van der Waals surface area contributed by atoms with Crippen molar-refractivity contribution in [2.45, 2.75) is 58.6 Å². The molecule has 0 saturated carbocycles. The summed E-state index contributed by atoms with van der Waals surface area (Å²) in [6.45, 7) is 6.58. The quantitative estimate of drug-likeness (QED) is 0.0857. The zero-order valence-electron chi connectivity index (χ0n) is 36.4. The zero-order chi connectivity index (χ0) is 46.8. The number of nitrogens with one attached hydrogen (secondary N) is 2. The van der Waals surface area contributed by atoms with Crippen molar-refractivity contribution in [3.8, 4) is 28.5 Å². The molecule has 1 amide bonds. The van der Waals surface area contributed by atoms with E-state index >= 15 is 17.6 Å². The molecule has 0 bridgehead atoms. The number of halogens is 5. The topological polar surface area (TPSA) is 152 Å². The van der Waals surface area contributed by atoms with Gasteiger partial charge in [-0.05, 0) is 80.8 Å². The van der Waals surface area contributed by atoms with E-state index in [1.807, 2.05) is 24.3 Å². The first kappa shape index (κ1) is 46.2. The van der Waals surface area contributed by atoms with Crippen LogP contribution in [-0.2, 0) is 28.7 Å². The molecule has 7 rings (SSSR count). The fraction of sp³-hybridized carbons (Fsp3) is 0.304. The van der Waals surface area contributed by atoms with E-state index < -0.39 is 57.3 Å². The molecule has 5 aromatic rings. The number of amidine groups is 1. The van der Waals surface area contributed by atoms with Gasteiger partial charge in [0.25, 0.3) is 0 Å². The lowest BCUT2D eigenvalue weighted by atomic mass is 9.95. The van der Waals surface area contributed by atoms with Gasteiger partial charge in [-0.3, -0.25) is 5.32 Å².